The number of benzene rings is 1. The standard InChI is InChI=1S/C20H21ClN7O2PS/c21-16-11-15(19(29)26-25-16)27-5-7-28(8-6-27)20-23-14-4-9-32(30)17(14)18(24-20)22-12-2-1-3-13(31)10-12/h1-3,10-11H,4-9,31H2,(H,26,29)(H,22,23,24). The maximum atomic E-state index is 12.6. The number of nitrogens with zero attached hydrogens (tertiary/aromatic N) is 5. The first-order valence-electron chi connectivity index (χ1n) is 10.1. The number of halogens is 1. The van der Waals surface area contributed by atoms with Crippen LogP contribution in [0.25, 0.3) is 0 Å². The molecule has 2 aromatic heterocycles. The quantitative estimate of drug-likeness (QED) is 0.530. The van der Waals surface area contributed by atoms with Crippen molar-refractivity contribution in [2.45, 2.75) is 11.3 Å². The maximum absolute atomic E-state index is 12.6. The Morgan fingerprint density at radius 1 is 1.12 bits per heavy atom. The van der Waals surface area contributed by atoms with Crippen LogP contribution in [0.2, 0.25) is 5.15 Å². The number of fused-ring (bicyclic) bond motifs is 1. The van der Waals surface area contributed by atoms with E-state index >= 15 is 0 Å². The molecular weight excluding hydrogens is 469 g/mol. The van der Waals surface area contributed by atoms with Crippen molar-refractivity contribution in [3.8, 4) is 0 Å². The predicted molar refractivity (Wildman–Crippen MR) is 130 cm³/mol. The zero-order valence-corrected chi connectivity index (χ0v) is 19.8. The van der Waals surface area contributed by atoms with Crippen molar-refractivity contribution >= 4 is 60.1 Å². The van der Waals surface area contributed by atoms with Gasteiger partial charge in [0.15, 0.2) is 11.0 Å². The van der Waals surface area contributed by atoms with Gasteiger partial charge in [-0.2, -0.15) is 10.1 Å². The monoisotopic (exact) mass is 489 g/mol. The molecule has 2 N–H and O–H groups in total. The molecule has 0 radical (unpaired) electrons. The van der Waals surface area contributed by atoms with E-state index in [4.69, 9.17) is 21.6 Å². The van der Waals surface area contributed by atoms with Crippen LogP contribution in [0.3, 0.4) is 0 Å². The molecule has 4 heterocycles. The molecule has 2 aliphatic rings. The summed E-state index contributed by atoms with van der Waals surface area (Å²) >= 11 is 5.95. The van der Waals surface area contributed by atoms with Gasteiger partial charge in [-0.25, -0.2) is 10.1 Å². The summed E-state index contributed by atoms with van der Waals surface area (Å²) in [4.78, 5) is 26.4. The van der Waals surface area contributed by atoms with Crippen molar-refractivity contribution in [3.05, 3.63) is 51.5 Å². The summed E-state index contributed by atoms with van der Waals surface area (Å²) in [6.07, 6.45) is 0.667. The van der Waals surface area contributed by atoms with Crippen molar-refractivity contribution in [1.29, 1.82) is 0 Å². The Morgan fingerprint density at radius 3 is 2.69 bits per heavy atom. The Labute approximate surface area is 194 Å². The summed E-state index contributed by atoms with van der Waals surface area (Å²) in [6, 6.07) is 9.47. The molecule has 32 heavy (non-hydrogen) atoms. The zero-order valence-electron chi connectivity index (χ0n) is 17.0. The molecule has 12 heteroatoms. The minimum atomic E-state index is -1.11. The van der Waals surface area contributed by atoms with Crippen LogP contribution in [0, 0.1) is 0 Å². The molecule has 2 unspecified atom stereocenters. The number of hydrogen-bond acceptors (Lipinski definition) is 8. The van der Waals surface area contributed by atoms with Gasteiger partial charge in [-0.15, -0.1) is 9.24 Å². The normalized spacial score (nSPS) is 18.0. The van der Waals surface area contributed by atoms with E-state index in [-0.39, 0.29) is 10.7 Å². The first-order valence-corrected chi connectivity index (χ1v) is 12.4. The molecule has 0 saturated carbocycles. The molecule has 2 aliphatic heterocycles. The van der Waals surface area contributed by atoms with Gasteiger partial charge in [0.25, 0.3) is 5.56 Å². The van der Waals surface area contributed by atoms with Gasteiger partial charge in [0, 0.05) is 50.1 Å². The molecule has 5 rings (SSSR count). The second kappa shape index (κ2) is 8.77. The van der Waals surface area contributed by atoms with E-state index in [1.165, 1.54) is 0 Å². The molecule has 3 aromatic rings. The van der Waals surface area contributed by atoms with Gasteiger partial charge < -0.3 is 15.1 Å². The van der Waals surface area contributed by atoms with Crippen molar-refractivity contribution in [1.82, 2.24) is 20.2 Å². The topological polar surface area (TPSA) is 107 Å². The summed E-state index contributed by atoms with van der Waals surface area (Å²) in [7, 11) is 1.56. The highest BCUT2D eigenvalue weighted by Crippen LogP contribution is 2.32. The molecule has 1 aromatic carbocycles. The van der Waals surface area contributed by atoms with E-state index in [0.29, 0.717) is 60.7 Å². The number of hydrogen-bond donors (Lipinski definition) is 2. The fraction of sp³-hybridized carbons (Fsp3) is 0.300. The molecule has 2 atom stereocenters. The summed E-state index contributed by atoms with van der Waals surface area (Å²) in [6.45, 7) is 2.52. The van der Waals surface area contributed by atoms with E-state index in [1.54, 1.807) is 6.07 Å². The minimum absolute atomic E-state index is 0.252. The predicted octanol–water partition coefficient (Wildman–Crippen LogP) is 1.45. The lowest BCUT2D eigenvalue weighted by Gasteiger charge is -2.35. The van der Waals surface area contributed by atoms with Crippen molar-refractivity contribution < 1.29 is 4.21 Å². The van der Waals surface area contributed by atoms with E-state index < -0.39 is 10.8 Å². The Kier molecular flexibility index (Phi) is 5.84. The Hall–Kier alpha value is -2.55. The molecule has 1 saturated heterocycles. The van der Waals surface area contributed by atoms with Gasteiger partial charge in [0.05, 0.1) is 16.5 Å². The van der Waals surface area contributed by atoms with Crippen molar-refractivity contribution in [2.24, 2.45) is 0 Å². The van der Waals surface area contributed by atoms with Crippen molar-refractivity contribution in [3.63, 3.8) is 0 Å². The van der Waals surface area contributed by atoms with Crippen LogP contribution in [0.5, 0.6) is 0 Å². The lowest BCUT2D eigenvalue weighted by Crippen LogP contribution is -2.48. The molecule has 0 amide bonds. The van der Waals surface area contributed by atoms with Crippen LogP contribution in [-0.4, -0.2) is 56.3 Å². The van der Waals surface area contributed by atoms with Gasteiger partial charge in [-0.05, 0) is 17.4 Å². The van der Waals surface area contributed by atoms with Crippen LogP contribution in [-0.2, 0) is 17.2 Å². The molecule has 0 bridgehead atoms. The maximum Gasteiger partial charge on any atom is 0.287 e. The Morgan fingerprint density at radius 2 is 1.91 bits per heavy atom. The third-order valence-corrected chi connectivity index (χ3v) is 7.49. The number of aromatic nitrogens is 4. The number of rotatable bonds is 4. The SMILES string of the molecule is O=c1[nH]nc(Cl)cc1N1CCN(c2nc3c(c(Nc4cccc(P)c4)n2)S(=O)CC3)CC1. The number of aromatic amines is 1. The minimum Gasteiger partial charge on any atom is -0.363 e. The highest BCUT2D eigenvalue weighted by atomic mass is 35.5. The highest BCUT2D eigenvalue weighted by molar-refractivity contribution is 7.85. The molecule has 166 valence electrons. The van der Waals surface area contributed by atoms with E-state index in [0.717, 1.165) is 16.7 Å². The Balaban J connectivity index is 1.40. The summed E-state index contributed by atoms with van der Waals surface area (Å²) in [5.41, 5.74) is 1.96. The average molecular weight is 490 g/mol. The molecule has 1 fully saturated rings. The second-order valence-corrected chi connectivity index (χ2v) is 10.1. The lowest BCUT2D eigenvalue weighted by atomic mass is 10.2. The number of nitrogens with one attached hydrogen (secondary N) is 2. The first kappa shape index (κ1) is 21.3. The number of piperazine rings is 1. The first-order chi connectivity index (χ1) is 15.5. The van der Waals surface area contributed by atoms with Crippen LogP contribution in [0.4, 0.5) is 23.1 Å². The summed E-state index contributed by atoms with van der Waals surface area (Å²) in [5, 5.41) is 10.8. The number of H-pyrrole nitrogens is 1. The third-order valence-electron chi connectivity index (χ3n) is 5.48. The summed E-state index contributed by atoms with van der Waals surface area (Å²) < 4.78 is 12.6. The molecule has 0 spiro atoms. The van der Waals surface area contributed by atoms with Crippen LogP contribution in [0.1, 0.15) is 5.69 Å². The van der Waals surface area contributed by atoms with Crippen LogP contribution < -0.4 is 26.0 Å². The molecule has 0 aliphatic carbocycles. The zero-order chi connectivity index (χ0) is 22.2. The van der Waals surface area contributed by atoms with E-state index in [1.807, 2.05) is 29.2 Å². The van der Waals surface area contributed by atoms with E-state index in [2.05, 4.69) is 29.7 Å². The van der Waals surface area contributed by atoms with Gasteiger partial charge in [0.2, 0.25) is 5.95 Å². The van der Waals surface area contributed by atoms with Gasteiger partial charge >= 0.3 is 0 Å². The van der Waals surface area contributed by atoms with E-state index in [9.17, 15) is 9.00 Å². The fourth-order valence-electron chi connectivity index (χ4n) is 3.92. The molecule has 9 nitrogen and oxygen atoms in total. The van der Waals surface area contributed by atoms with Gasteiger partial charge in [-0.1, -0.05) is 23.7 Å². The lowest BCUT2D eigenvalue weighted by molar-refractivity contribution is 0.634. The average Bonchev–Trinajstić information content (AvgIpc) is 3.16. The van der Waals surface area contributed by atoms with Crippen LogP contribution >= 0.6 is 20.8 Å². The number of aryl methyl sites for hydroxylation is 1. The Bertz CT molecular complexity index is 1260. The van der Waals surface area contributed by atoms with Gasteiger partial charge in [0.1, 0.15) is 10.6 Å². The van der Waals surface area contributed by atoms with Crippen molar-refractivity contribution in [2.75, 3.05) is 47.0 Å². The smallest absolute Gasteiger partial charge is 0.287 e. The second-order valence-electron chi connectivity index (χ2n) is 7.58. The van der Waals surface area contributed by atoms with Gasteiger partial charge in [-0.3, -0.25) is 9.00 Å². The third kappa shape index (κ3) is 4.22. The fourth-order valence-corrected chi connectivity index (χ4v) is 5.66. The summed E-state index contributed by atoms with van der Waals surface area (Å²) in [5.74, 6) is 1.76. The highest BCUT2D eigenvalue weighted by Gasteiger charge is 2.29. The largest absolute Gasteiger partial charge is 0.363 e. The number of anilines is 4. The molecular formula is C20H21ClN7O2PS. The van der Waals surface area contributed by atoms with Crippen LogP contribution in [0.15, 0.2) is 40.0 Å².